The number of carbonyl (C=O) groups is 1. The van der Waals surface area contributed by atoms with Crippen LogP contribution in [0.4, 0.5) is 23.1 Å². The molecule has 0 bridgehead atoms. The maximum Gasteiger partial charge on any atom is 0.224 e. The second-order valence-electron chi connectivity index (χ2n) is 7.75. The van der Waals surface area contributed by atoms with Crippen LogP contribution in [0.15, 0.2) is 42.9 Å². The van der Waals surface area contributed by atoms with Gasteiger partial charge in [0, 0.05) is 41.9 Å². The molecule has 32 heavy (non-hydrogen) atoms. The lowest BCUT2D eigenvalue weighted by atomic mass is 9.91. The third-order valence-corrected chi connectivity index (χ3v) is 5.49. The summed E-state index contributed by atoms with van der Waals surface area (Å²) in [5.41, 5.74) is 8.29. The maximum absolute atomic E-state index is 12.2. The van der Waals surface area contributed by atoms with Gasteiger partial charge in [0.2, 0.25) is 5.95 Å². The van der Waals surface area contributed by atoms with Crippen molar-refractivity contribution in [3.8, 4) is 11.4 Å². The van der Waals surface area contributed by atoms with E-state index >= 15 is 0 Å². The summed E-state index contributed by atoms with van der Waals surface area (Å²) >= 11 is 0. The van der Waals surface area contributed by atoms with Crippen LogP contribution in [0.5, 0.6) is 0 Å². The minimum atomic E-state index is -0.155. The van der Waals surface area contributed by atoms with Crippen molar-refractivity contribution in [3.63, 3.8) is 0 Å². The van der Waals surface area contributed by atoms with Gasteiger partial charge in [0.25, 0.3) is 0 Å². The second-order valence-corrected chi connectivity index (χ2v) is 7.75. The van der Waals surface area contributed by atoms with E-state index in [0.717, 1.165) is 25.7 Å². The monoisotopic (exact) mass is 428 g/mol. The third-order valence-electron chi connectivity index (χ3n) is 5.49. The van der Waals surface area contributed by atoms with Gasteiger partial charge in [0.15, 0.2) is 11.5 Å². The predicted octanol–water partition coefficient (Wildman–Crippen LogP) is 4.11. The average molecular weight is 429 g/mol. The number of rotatable bonds is 6. The number of anilines is 3. The summed E-state index contributed by atoms with van der Waals surface area (Å²) in [5.74, 6) is 1.10. The van der Waals surface area contributed by atoms with E-state index in [1.807, 2.05) is 0 Å². The van der Waals surface area contributed by atoms with Gasteiger partial charge in [-0.2, -0.15) is 4.98 Å². The molecular formula is C23H24N8O. The van der Waals surface area contributed by atoms with Gasteiger partial charge < -0.3 is 16.4 Å². The summed E-state index contributed by atoms with van der Waals surface area (Å²) in [4.78, 5) is 33.1. The summed E-state index contributed by atoms with van der Waals surface area (Å²) in [5, 5.41) is 6.52. The van der Waals surface area contributed by atoms with Crippen molar-refractivity contribution >= 4 is 28.9 Å². The summed E-state index contributed by atoms with van der Waals surface area (Å²) in [6.45, 7) is 8.92. The highest BCUT2D eigenvalue weighted by atomic mass is 16.1. The molecule has 1 aliphatic rings. The fourth-order valence-corrected chi connectivity index (χ4v) is 3.77. The average Bonchev–Trinajstić information content (AvgIpc) is 2.81. The van der Waals surface area contributed by atoms with E-state index in [9.17, 15) is 4.79 Å². The first kappa shape index (κ1) is 21.3. The standard InChI is InChI=1S/C23H24N8O/c1-14(32)17-13-28-23(30-20-7-4-3-6-18(20)24)31-22(17)29-15-8-9-19(25-2)16(12-15)21-26-10-5-11-27-21/h5,8-13,18,20H,3-4,6-7,24H2,1H3,(H2,28,29,30,31)/t18-,20+/m0/s1. The molecule has 2 aromatic heterocycles. The molecule has 4 N–H and O–H groups in total. The number of benzene rings is 1. The Morgan fingerprint density at radius 3 is 2.69 bits per heavy atom. The molecule has 4 rings (SSSR count). The predicted molar refractivity (Wildman–Crippen MR) is 123 cm³/mol. The Balaban J connectivity index is 1.65. The van der Waals surface area contributed by atoms with Crippen LogP contribution in [0.1, 0.15) is 43.0 Å². The number of nitrogens with one attached hydrogen (secondary N) is 2. The highest BCUT2D eigenvalue weighted by Gasteiger charge is 2.23. The van der Waals surface area contributed by atoms with Gasteiger partial charge in [0.1, 0.15) is 11.6 Å². The number of Topliss-reactive ketones (excluding diaryl/α,β-unsaturated/α-hetero) is 1. The Labute approximate surface area is 186 Å². The maximum atomic E-state index is 12.2. The van der Waals surface area contributed by atoms with E-state index < -0.39 is 0 Å². The van der Waals surface area contributed by atoms with Gasteiger partial charge in [-0.15, -0.1) is 0 Å². The smallest absolute Gasteiger partial charge is 0.224 e. The van der Waals surface area contributed by atoms with E-state index in [-0.39, 0.29) is 17.9 Å². The molecule has 2 atom stereocenters. The minimum absolute atomic E-state index is 0.0471. The van der Waals surface area contributed by atoms with Crippen LogP contribution < -0.4 is 16.4 Å². The molecular weight excluding hydrogens is 404 g/mol. The van der Waals surface area contributed by atoms with Crippen LogP contribution in [0.2, 0.25) is 0 Å². The van der Waals surface area contributed by atoms with Crippen molar-refractivity contribution < 1.29 is 4.79 Å². The Bertz CT molecular complexity index is 1160. The fraction of sp³-hybridized carbons (Fsp3) is 0.304. The first-order chi connectivity index (χ1) is 15.5. The Kier molecular flexibility index (Phi) is 6.33. The van der Waals surface area contributed by atoms with E-state index in [1.165, 1.54) is 13.1 Å². The molecule has 9 nitrogen and oxygen atoms in total. The molecule has 1 fully saturated rings. The zero-order chi connectivity index (χ0) is 22.5. The summed E-state index contributed by atoms with van der Waals surface area (Å²) in [6.07, 6.45) is 8.93. The van der Waals surface area contributed by atoms with E-state index in [1.54, 1.807) is 36.7 Å². The van der Waals surface area contributed by atoms with Crippen LogP contribution >= 0.6 is 0 Å². The van der Waals surface area contributed by atoms with Gasteiger partial charge in [-0.25, -0.2) is 19.8 Å². The van der Waals surface area contributed by atoms with Crippen LogP contribution in [0.25, 0.3) is 16.2 Å². The van der Waals surface area contributed by atoms with Gasteiger partial charge in [-0.1, -0.05) is 18.9 Å². The molecule has 162 valence electrons. The molecule has 3 aromatic rings. The summed E-state index contributed by atoms with van der Waals surface area (Å²) < 4.78 is 0. The summed E-state index contributed by atoms with van der Waals surface area (Å²) in [6, 6.07) is 7.09. The zero-order valence-corrected chi connectivity index (χ0v) is 17.7. The second kappa shape index (κ2) is 9.49. The largest absolute Gasteiger partial charge is 0.350 e. The Morgan fingerprint density at radius 1 is 1.19 bits per heavy atom. The van der Waals surface area contributed by atoms with Gasteiger partial charge in [0.05, 0.1) is 12.1 Å². The zero-order valence-electron chi connectivity index (χ0n) is 17.7. The molecule has 9 heteroatoms. The first-order valence-electron chi connectivity index (χ1n) is 10.5. The topological polar surface area (TPSA) is 123 Å². The number of ketones is 1. The number of hydrogen-bond donors (Lipinski definition) is 3. The van der Waals surface area contributed by atoms with E-state index in [0.29, 0.717) is 40.1 Å². The molecule has 0 aliphatic heterocycles. The van der Waals surface area contributed by atoms with Crippen LogP contribution in [0, 0.1) is 6.57 Å². The quantitative estimate of drug-likeness (QED) is 0.396. The lowest BCUT2D eigenvalue weighted by Crippen LogP contribution is -2.43. The van der Waals surface area contributed by atoms with Crippen molar-refractivity contribution in [2.45, 2.75) is 44.7 Å². The number of nitrogens with two attached hydrogens (primary N) is 1. The van der Waals surface area contributed by atoms with Crippen molar-refractivity contribution in [1.82, 2.24) is 19.9 Å². The molecule has 1 saturated carbocycles. The van der Waals surface area contributed by atoms with E-state index in [4.69, 9.17) is 12.3 Å². The van der Waals surface area contributed by atoms with Crippen molar-refractivity contribution in [3.05, 3.63) is 59.8 Å². The van der Waals surface area contributed by atoms with Crippen LogP contribution in [-0.4, -0.2) is 37.8 Å². The van der Waals surface area contributed by atoms with E-state index in [2.05, 4.69) is 35.4 Å². The number of nitrogens with zero attached hydrogens (tertiary/aromatic N) is 5. The Morgan fingerprint density at radius 2 is 1.97 bits per heavy atom. The molecule has 0 amide bonds. The SMILES string of the molecule is [C-]#[N+]c1ccc(Nc2nc(N[C@@H]3CCCC[C@@H]3N)ncc2C(C)=O)cc1-c1ncccn1. The summed E-state index contributed by atoms with van der Waals surface area (Å²) in [7, 11) is 0. The molecule has 1 aromatic carbocycles. The normalized spacial score (nSPS) is 17.9. The number of aromatic nitrogens is 4. The molecule has 0 radical (unpaired) electrons. The fourth-order valence-electron chi connectivity index (χ4n) is 3.77. The van der Waals surface area contributed by atoms with Crippen molar-refractivity contribution in [2.24, 2.45) is 5.73 Å². The minimum Gasteiger partial charge on any atom is -0.350 e. The third kappa shape index (κ3) is 4.71. The molecule has 2 heterocycles. The van der Waals surface area contributed by atoms with Gasteiger partial charge in [-0.05, 0) is 38.0 Å². The molecule has 0 spiro atoms. The van der Waals surface area contributed by atoms with Crippen molar-refractivity contribution in [2.75, 3.05) is 10.6 Å². The number of hydrogen-bond acceptors (Lipinski definition) is 8. The molecule has 0 saturated heterocycles. The van der Waals surface area contributed by atoms with Gasteiger partial charge in [-0.3, -0.25) is 4.79 Å². The van der Waals surface area contributed by atoms with Crippen LogP contribution in [0.3, 0.4) is 0 Å². The molecule has 1 aliphatic carbocycles. The number of carbonyl (C=O) groups excluding carboxylic acids is 1. The molecule has 0 unspecified atom stereocenters. The van der Waals surface area contributed by atoms with Crippen LogP contribution in [-0.2, 0) is 0 Å². The highest BCUT2D eigenvalue weighted by Crippen LogP contribution is 2.32. The van der Waals surface area contributed by atoms with Gasteiger partial charge >= 0.3 is 0 Å². The lowest BCUT2D eigenvalue weighted by molar-refractivity contribution is 0.101. The highest BCUT2D eigenvalue weighted by molar-refractivity contribution is 5.99. The Hall–Kier alpha value is -3.90. The first-order valence-corrected chi connectivity index (χ1v) is 10.5. The van der Waals surface area contributed by atoms with Crippen molar-refractivity contribution in [1.29, 1.82) is 0 Å². The lowest BCUT2D eigenvalue weighted by Gasteiger charge is -2.29.